The highest BCUT2D eigenvalue weighted by atomic mass is 35.5. The van der Waals surface area contributed by atoms with Gasteiger partial charge >= 0.3 is 6.18 Å². The van der Waals surface area contributed by atoms with Gasteiger partial charge in [-0.25, -0.2) is 18.4 Å². The van der Waals surface area contributed by atoms with Crippen molar-refractivity contribution in [2.75, 3.05) is 22.9 Å². The molecule has 41 heavy (non-hydrogen) atoms. The van der Waals surface area contributed by atoms with Crippen molar-refractivity contribution < 1.29 is 35.9 Å². The first-order chi connectivity index (χ1) is 19.3. The summed E-state index contributed by atoms with van der Waals surface area (Å²) in [6.45, 7) is -0.0940. The van der Waals surface area contributed by atoms with Gasteiger partial charge in [0.25, 0.3) is 5.91 Å². The molecule has 4 aromatic rings. The van der Waals surface area contributed by atoms with Crippen LogP contribution in [0, 0.1) is 0 Å². The third kappa shape index (κ3) is 7.76. The zero-order chi connectivity index (χ0) is 29.8. The van der Waals surface area contributed by atoms with Gasteiger partial charge in [-0.15, -0.1) is 0 Å². The second-order valence-corrected chi connectivity index (χ2v) is 10.5. The van der Waals surface area contributed by atoms with Crippen molar-refractivity contribution in [3.8, 4) is 22.9 Å². The first-order valence-electron chi connectivity index (χ1n) is 11.4. The van der Waals surface area contributed by atoms with E-state index in [0.29, 0.717) is 10.6 Å². The Morgan fingerprint density at radius 2 is 1.85 bits per heavy atom. The molecule has 0 fully saturated rings. The number of nitrogens with zero attached hydrogens (tertiary/aromatic N) is 3. The van der Waals surface area contributed by atoms with Crippen LogP contribution in [0.4, 0.5) is 30.5 Å². The number of H-pyrrole nitrogens is 1. The van der Waals surface area contributed by atoms with Gasteiger partial charge in [-0.3, -0.25) is 14.6 Å². The molecular formula is C24H21ClF3N7O5S. The van der Waals surface area contributed by atoms with Gasteiger partial charge in [-0.1, -0.05) is 29.8 Å². The zero-order valence-electron chi connectivity index (χ0n) is 21.0. The number of carbonyl (C=O) groups excluding carboxylic acids is 1. The van der Waals surface area contributed by atoms with E-state index in [-0.39, 0.29) is 52.4 Å². The fourth-order valence-electron chi connectivity index (χ4n) is 3.53. The van der Waals surface area contributed by atoms with Crippen LogP contribution in [-0.2, 0) is 16.6 Å². The molecule has 17 heteroatoms. The molecule has 0 aliphatic carbocycles. The predicted octanol–water partition coefficient (Wildman–Crippen LogP) is 4.25. The Labute approximate surface area is 236 Å². The minimum atomic E-state index is -4.97. The lowest BCUT2D eigenvalue weighted by Gasteiger charge is -2.16. The van der Waals surface area contributed by atoms with Crippen molar-refractivity contribution >= 4 is 44.9 Å². The number of hydrogen-bond acceptors (Lipinski definition) is 9. The van der Waals surface area contributed by atoms with Crippen molar-refractivity contribution in [2.24, 2.45) is 5.73 Å². The van der Waals surface area contributed by atoms with E-state index in [1.807, 2.05) is 4.72 Å². The number of primary amides is 1. The second-order valence-electron chi connectivity index (χ2n) is 8.36. The number of anilines is 3. The summed E-state index contributed by atoms with van der Waals surface area (Å²) < 4.78 is 75.5. The van der Waals surface area contributed by atoms with E-state index in [1.165, 1.54) is 37.7 Å². The topological polar surface area (TPSA) is 174 Å². The number of aromatic nitrogens is 4. The summed E-state index contributed by atoms with van der Waals surface area (Å²) in [5.41, 5.74) is 6.27. The number of alkyl halides is 3. The van der Waals surface area contributed by atoms with E-state index in [2.05, 4.69) is 25.5 Å². The number of nitrogens with one attached hydrogen (secondary N) is 3. The van der Waals surface area contributed by atoms with E-state index < -0.39 is 27.9 Å². The standard InChI is InChI=1S/C24H21ClF3N7O5S/c1-39-19-10-30-18(9-31-19)32-23-20(22(29)36)21(33-34-23)14-4-7-16(35-41(37,38)12-24(26,27)28)17(8-14)40-11-13-2-5-15(25)6-3-13/h2-10,35H,11-12H2,1H3,(H2,29,36)(H2,30,32,33,34). The molecule has 12 nitrogen and oxygen atoms in total. The van der Waals surface area contributed by atoms with Gasteiger partial charge in [-0.05, 0) is 29.8 Å². The molecule has 0 aliphatic rings. The number of nitrogens with two attached hydrogens (primary N) is 1. The molecule has 2 heterocycles. The zero-order valence-corrected chi connectivity index (χ0v) is 22.6. The summed E-state index contributed by atoms with van der Waals surface area (Å²) in [4.78, 5) is 20.5. The van der Waals surface area contributed by atoms with E-state index in [1.54, 1.807) is 24.3 Å². The average Bonchev–Trinajstić information content (AvgIpc) is 3.31. The number of benzene rings is 2. The highest BCUT2D eigenvalue weighted by Gasteiger charge is 2.35. The molecule has 0 aliphatic heterocycles. The monoisotopic (exact) mass is 611 g/mol. The van der Waals surface area contributed by atoms with Crippen molar-refractivity contribution in [2.45, 2.75) is 12.8 Å². The number of sulfonamides is 1. The van der Waals surface area contributed by atoms with E-state index in [0.717, 1.165) is 0 Å². The smallest absolute Gasteiger partial charge is 0.404 e. The lowest BCUT2D eigenvalue weighted by Crippen LogP contribution is -2.28. The number of amides is 1. The first kappa shape index (κ1) is 29.4. The minimum absolute atomic E-state index is 0.00514. The predicted molar refractivity (Wildman–Crippen MR) is 144 cm³/mol. The third-order valence-electron chi connectivity index (χ3n) is 5.29. The van der Waals surface area contributed by atoms with Crippen molar-refractivity contribution in [1.29, 1.82) is 0 Å². The van der Waals surface area contributed by atoms with Crippen LogP contribution < -0.4 is 25.2 Å². The highest BCUT2D eigenvalue weighted by Crippen LogP contribution is 2.35. The molecule has 216 valence electrons. The number of carbonyl (C=O) groups is 1. The van der Waals surface area contributed by atoms with Crippen molar-refractivity contribution in [3.05, 3.63) is 71.0 Å². The Kier molecular flexibility index (Phi) is 8.53. The molecule has 0 unspecified atom stereocenters. The maximum absolute atomic E-state index is 12.8. The Morgan fingerprint density at radius 3 is 2.46 bits per heavy atom. The molecule has 0 saturated carbocycles. The van der Waals surface area contributed by atoms with Gasteiger partial charge in [-0.2, -0.15) is 18.3 Å². The molecule has 0 atom stereocenters. The Bertz CT molecular complexity index is 1650. The van der Waals surface area contributed by atoms with E-state index in [4.69, 9.17) is 26.8 Å². The summed E-state index contributed by atoms with van der Waals surface area (Å²) in [7, 11) is -3.42. The summed E-state index contributed by atoms with van der Waals surface area (Å²) >= 11 is 5.90. The maximum atomic E-state index is 12.8. The Morgan fingerprint density at radius 1 is 1.12 bits per heavy atom. The maximum Gasteiger partial charge on any atom is 0.404 e. The van der Waals surface area contributed by atoms with Gasteiger partial charge in [0.1, 0.15) is 23.7 Å². The molecular weight excluding hydrogens is 591 g/mol. The van der Waals surface area contributed by atoms with Gasteiger partial charge in [0.2, 0.25) is 15.9 Å². The lowest BCUT2D eigenvalue weighted by molar-refractivity contribution is -0.106. The van der Waals surface area contributed by atoms with Crippen molar-refractivity contribution in [1.82, 2.24) is 20.2 Å². The highest BCUT2D eigenvalue weighted by molar-refractivity contribution is 7.92. The molecule has 1 amide bonds. The molecule has 4 rings (SSSR count). The Balaban J connectivity index is 1.70. The van der Waals surface area contributed by atoms with Crippen molar-refractivity contribution in [3.63, 3.8) is 0 Å². The van der Waals surface area contributed by atoms with Crippen LogP contribution in [0.2, 0.25) is 5.02 Å². The second kappa shape index (κ2) is 11.9. The summed E-state index contributed by atoms with van der Waals surface area (Å²) in [6, 6.07) is 10.4. The molecule has 5 N–H and O–H groups in total. The Hall–Kier alpha value is -4.57. The number of methoxy groups -OCH3 is 1. The number of halogens is 4. The summed E-state index contributed by atoms with van der Waals surface area (Å²) in [5.74, 6) is -2.64. The van der Waals surface area contributed by atoms with Crippen LogP contribution in [-0.4, -0.2) is 53.5 Å². The fourth-order valence-corrected chi connectivity index (χ4v) is 4.66. The summed E-state index contributed by atoms with van der Waals surface area (Å²) in [5, 5.41) is 10.0. The van der Waals surface area contributed by atoms with Crippen LogP contribution in [0.5, 0.6) is 11.6 Å². The number of aromatic amines is 1. The van der Waals surface area contributed by atoms with E-state index >= 15 is 0 Å². The molecule has 2 aromatic heterocycles. The normalized spacial score (nSPS) is 11.6. The molecule has 0 saturated heterocycles. The SMILES string of the molecule is COc1cnc(Nc2n[nH]c(-c3ccc(NS(=O)(=O)CC(F)(F)F)c(OCc4ccc(Cl)cc4)c3)c2C(N)=O)cn1. The van der Waals surface area contributed by atoms with Gasteiger partial charge in [0, 0.05) is 10.6 Å². The largest absolute Gasteiger partial charge is 0.487 e. The fraction of sp³-hybridized carbons (Fsp3) is 0.167. The van der Waals surface area contributed by atoms with Gasteiger partial charge in [0.15, 0.2) is 11.6 Å². The van der Waals surface area contributed by atoms with Crippen LogP contribution in [0.25, 0.3) is 11.3 Å². The first-order valence-corrected chi connectivity index (χ1v) is 13.5. The quantitative estimate of drug-likeness (QED) is 0.193. The minimum Gasteiger partial charge on any atom is -0.487 e. The van der Waals surface area contributed by atoms with Crippen LogP contribution in [0.15, 0.2) is 54.9 Å². The van der Waals surface area contributed by atoms with Crippen LogP contribution in [0.1, 0.15) is 15.9 Å². The van der Waals surface area contributed by atoms with E-state index in [9.17, 15) is 26.4 Å². The number of ether oxygens (including phenoxy) is 2. The lowest BCUT2D eigenvalue weighted by atomic mass is 10.1. The molecule has 2 aromatic carbocycles. The van der Waals surface area contributed by atoms with Crippen LogP contribution in [0.3, 0.4) is 0 Å². The average molecular weight is 612 g/mol. The van der Waals surface area contributed by atoms with Gasteiger partial charge < -0.3 is 20.5 Å². The van der Waals surface area contributed by atoms with Gasteiger partial charge in [0.05, 0.1) is 30.9 Å². The molecule has 0 radical (unpaired) electrons. The number of hydrogen-bond donors (Lipinski definition) is 4. The third-order valence-corrected chi connectivity index (χ3v) is 6.78. The molecule has 0 spiro atoms. The summed E-state index contributed by atoms with van der Waals surface area (Å²) in [6.07, 6.45) is -2.30. The molecule has 0 bridgehead atoms. The number of rotatable bonds is 11. The van der Waals surface area contributed by atoms with Crippen LogP contribution >= 0.6 is 11.6 Å².